The van der Waals surface area contributed by atoms with Gasteiger partial charge in [0.25, 0.3) is 5.91 Å². The predicted molar refractivity (Wildman–Crippen MR) is 113 cm³/mol. The van der Waals surface area contributed by atoms with Crippen LogP contribution in [0.2, 0.25) is 0 Å². The maximum atomic E-state index is 13.0. The quantitative estimate of drug-likeness (QED) is 0.629. The molecule has 0 bridgehead atoms. The van der Waals surface area contributed by atoms with Gasteiger partial charge in [-0.2, -0.15) is 31.4 Å². The average molecular weight is 519 g/mol. The van der Waals surface area contributed by atoms with Crippen LogP contribution in [0.5, 0.6) is 0 Å². The van der Waals surface area contributed by atoms with Crippen LogP contribution in [-0.4, -0.2) is 63.8 Å². The third-order valence-electron chi connectivity index (χ3n) is 6.05. The number of hydrogen-bond acceptors (Lipinski definition) is 5. The first kappa shape index (κ1) is 25.8. The van der Waals surface area contributed by atoms with E-state index in [1.54, 1.807) is 15.6 Å². The molecule has 1 unspecified atom stereocenters. The smallest absolute Gasteiger partial charge is 0.416 e. The van der Waals surface area contributed by atoms with Gasteiger partial charge in [0.05, 0.1) is 29.9 Å². The van der Waals surface area contributed by atoms with Gasteiger partial charge >= 0.3 is 18.4 Å². The van der Waals surface area contributed by atoms with E-state index in [9.17, 15) is 35.9 Å². The van der Waals surface area contributed by atoms with Gasteiger partial charge in [0.15, 0.2) is 5.69 Å². The number of piperazine rings is 1. The minimum atomic E-state index is -5.00. The van der Waals surface area contributed by atoms with Crippen molar-refractivity contribution in [1.29, 1.82) is 0 Å². The Morgan fingerprint density at radius 2 is 1.69 bits per heavy atom. The molecular formula is C22H23F6N5O3. The monoisotopic (exact) mass is 519 g/mol. The van der Waals surface area contributed by atoms with Crippen molar-refractivity contribution in [3.8, 4) is 0 Å². The predicted octanol–water partition coefficient (Wildman–Crippen LogP) is 3.51. The summed E-state index contributed by atoms with van der Waals surface area (Å²) in [4.78, 5) is 28.3. The second-order valence-electron chi connectivity index (χ2n) is 8.69. The zero-order valence-corrected chi connectivity index (χ0v) is 19.1. The maximum Gasteiger partial charge on any atom is 0.416 e. The summed E-state index contributed by atoms with van der Waals surface area (Å²) < 4.78 is 84.9. The van der Waals surface area contributed by atoms with E-state index in [4.69, 9.17) is 4.74 Å². The molecule has 2 aromatic rings. The number of rotatable bonds is 3. The van der Waals surface area contributed by atoms with Crippen LogP contribution in [0.3, 0.4) is 0 Å². The third-order valence-corrected chi connectivity index (χ3v) is 6.05. The van der Waals surface area contributed by atoms with E-state index in [2.05, 4.69) is 10.4 Å². The van der Waals surface area contributed by atoms with Crippen molar-refractivity contribution < 1.29 is 40.7 Å². The highest BCUT2D eigenvalue weighted by atomic mass is 19.4. The number of halogens is 6. The molecule has 1 saturated heterocycles. The molecule has 0 radical (unpaired) electrons. The molecule has 36 heavy (non-hydrogen) atoms. The van der Waals surface area contributed by atoms with Crippen molar-refractivity contribution >= 4 is 12.0 Å². The van der Waals surface area contributed by atoms with Crippen LogP contribution >= 0.6 is 0 Å². The molecule has 8 nitrogen and oxygen atoms in total. The van der Waals surface area contributed by atoms with E-state index in [1.807, 2.05) is 6.92 Å². The van der Waals surface area contributed by atoms with Gasteiger partial charge in [0.2, 0.25) is 0 Å². The van der Waals surface area contributed by atoms with Crippen molar-refractivity contribution in [3.63, 3.8) is 0 Å². The topological polar surface area (TPSA) is 79.7 Å². The minimum absolute atomic E-state index is 0.00911. The largest absolute Gasteiger partial charge is 0.445 e. The molecule has 0 saturated carbocycles. The zero-order chi connectivity index (χ0) is 26.3. The van der Waals surface area contributed by atoms with Crippen molar-refractivity contribution in [1.82, 2.24) is 24.9 Å². The van der Waals surface area contributed by atoms with E-state index in [0.29, 0.717) is 37.5 Å². The highest BCUT2D eigenvalue weighted by molar-refractivity contribution is 5.92. The van der Waals surface area contributed by atoms with Gasteiger partial charge < -0.3 is 19.9 Å². The lowest BCUT2D eigenvalue weighted by Gasteiger charge is -2.33. The SMILES string of the molecule is CC1CNCCN1C(=O)c1cc2n(n1)CCN(C(=O)OCc1cc(C(F)(F)F)cc(C(F)(F)F)c1)C2. The maximum absolute atomic E-state index is 13.0. The molecule has 0 aliphatic carbocycles. The van der Waals surface area contributed by atoms with Crippen molar-refractivity contribution in [2.24, 2.45) is 0 Å². The van der Waals surface area contributed by atoms with Crippen LogP contribution in [0.4, 0.5) is 31.1 Å². The summed E-state index contributed by atoms with van der Waals surface area (Å²) in [6.45, 7) is 3.41. The molecule has 1 aromatic heterocycles. The Balaban J connectivity index is 1.42. The number of alkyl halides is 6. The van der Waals surface area contributed by atoms with Crippen molar-refractivity contribution in [2.75, 3.05) is 26.2 Å². The highest BCUT2D eigenvalue weighted by Gasteiger charge is 2.37. The Bertz CT molecular complexity index is 1110. The number of aromatic nitrogens is 2. The van der Waals surface area contributed by atoms with E-state index in [-0.39, 0.29) is 43.3 Å². The number of nitrogens with one attached hydrogen (secondary N) is 1. The summed E-state index contributed by atoms with van der Waals surface area (Å²) in [5.74, 6) is -0.231. The van der Waals surface area contributed by atoms with Crippen LogP contribution in [0, 0.1) is 0 Å². The van der Waals surface area contributed by atoms with Gasteiger partial charge in [0.1, 0.15) is 6.61 Å². The van der Waals surface area contributed by atoms with Gasteiger partial charge in [-0.25, -0.2) is 4.79 Å². The number of fused-ring (bicyclic) bond motifs is 1. The summed E-state index contributed by atoms with van der Waals surface area (Å²) in [7, 11) is 0. The van der Waals surface area contributed by atoms with Crippen LogP contribution in [0.1, 0.15) is 39.8 Å². The molecule has 1 aromatic carbocycles. The Kier molecular flexibility index (Phi) is 6.90. The highest BCUT2D eigenvalue weighted by Crippen LogP contribution is 2.36. The Labute approximate surface area is 201 Å². The molecule has 1 fully saturated rings. The fraction of sp³-hybridized carbons (Fsp3) is 0.500. The summed E-state index contributed by atoms with van der Waals surface area (Å²) in [5.41, 5.74) is -2.62. The minimum Gasteiger partial charge on any atom is -0.445 e. The first-order chi connectivity index (χ1) is 16.8. The second-order valence-corrected chi connectivity index (χ2v) is 8.69. The molecule has 1 atom stereocenters. The van der Waals surface area contributed by atoms with Gasteiger partial charge in [0, 0.05) is 32.2 Å². The first-order valence-electron chi connectivity index (χ1n) is 11.1. The van der Waals surface area contributed by atoms with E-state index < -0.39 is 41.7 Å². The van der Waals surface area contributed by atoms with Crippen molar-refractivity contribution in [2.45, 2.75) is 45.0 Å². The Hall–Kier alpha value is -3.29. The lowest BCUT2D eigenvalue weighted by Crippen LogP contribution is -2.52. The lowest BCUT2D eigenvalue weighted by atomic mass is 10.1. The molecule has 2 aliphatic rings. The number of carbonyl (C=O) groups is 2. The van der Waals surface area contributed by atoms with E-state index >= 15 is 0 Å². The Morgan fingerprint density at radius 3 is 2.31 bits per heavy atom. The summed E-state index contributed by atoms with van der Waals surface area (Å²) >= 11 is 0. The molecule has 0 spiro atoms. The number of hydrogen-bond donors (Lipinski definition) is 1. The summed E-state index contributed by atoms with van der Waals surface area (Å²) in [6, 6.07) is 2.60. The average Bonchev–Trinajstić information content (AvgIpc) is 3.24. The second kappa shape index (κ2) is 9.64. The van der Waals surface area contributed by atoms with Crippen LogP contribution in [-0.2, 0) is 36.8 Å². The molecule has 2 aliphatic heterocycles. The van der Waals surface area contributed by atoms with Gasteiger partial charge in [-0.15, -0.1) is 0 Å². The zero-order valence-electron chi connectivity index (χ0n) is 19.1. The standard InChI is InChI=1S/C22H23F6N5O3/c1-13-10-29-2-3-32(13)19(34)18-9-17-11-31(4-5-33(17)30-18)20(35)36-12-14-6-15(21(23,24)25)8-16(7-14)22(26,27)28/h6-9,13,29H,2-5,10-12H2,1H3. The van der Waals surface area contributed by atoms with Crippen LogP contribution < -0.4 is 5.32 Å². The molecule has 2 amide bonds. The number of benzene rings is 1. The van der Waals surface area contributed by atoms with Crippen LogP contribution in [0.15, 0.2) is 24.3 Å². The van der Waals surface area contributed by atoms with E-state index in [0.717, 1.165) is 0 Å². The Morgan fingerprint density at radius 1 is 1.03 bits per heavy atom. The molecule has 14 heteroatoms. The molecule has 3 heterocycles. The molecule has 196 valence electrons. The fourth-order valence-electron chi connectivity index (χ4n) is 4.16. The molecule has 4 rings (SSSR count). The van der Waals surface area contributed by atoms with E-state index in [1.165, 1.54) is 4.90 Å². The first-order valence-corrected chi connectivity index (χ1v) is 11.1. The third kappa shape index (κ3) is 5.58. The number of ether oxygens (including phenoxy) is 1. The van der Waals surface area contributed by atoms with Gasteiger partial charge in [-0.1, -0.05) is 0 Å². The number of nitrogens with zero attached hydrogens (tertiary/aromatic N) is 4. The number of carbonyl (C=O) groups excluding carboxylic acids is 2. The van der Waals surface area contributed by atoms with Crippen LogP contribution in [0.25, 0.3) is 0 Å². The summed E-state index contributed by atoms with van der Waals surface area (Å²) in [5, 5.41) is 7.52. The fourth-order valence-corrected chi connectivity index (χ4v) is 4.16. The molecule has 1 N–H and O–H groups in total. The number of amides is 2. The lowest BCUT2D eigenvalue weighted by molar-refractivity contribution is -0.143. The summed E-state index contributed by atoms with van der Waals surface area (Å²) in [6.07, 6.45) is -10.9. The van der Waals surface area contributed by atoms with Gasteiger partial charge in [-0.05, 0) is 36.8 Å². The van der Waals surface area contributed by atoms with Gasteiger partial charge in [-0.3, -0.25) is 9.48 Å². The molecular weight excluding hydrogens is 496 g/mol. The normalized spacial score (nSPS) is 18.7. The van der Waals surface area contributed by atoms with Crippen molar-refractivity contribution in [3.05, 3.63) is 52.3 Å².